The summed E-state index contributed by atoms with van der Waals surface area (Å²) in [6, 6.07) is 13.2. The van der Waals surface area contributed by atoms with Crippen molar-refractivity contribution in [3.8, 4) is 0 Å². The highest BCUT2D eigenvalue weighted by Crippen LogP contribution is 2.19. The average Bonchev–Trinajstić information content (AvgIpc) is 2.91. The number of aromatic amines is 1. The van der Waals surface area contributed by atoms with Crippen LogP contribution >= 0.6 is 0 Å². The normalized spacial score (nSPS) is 10.6. The van der Waals surface area contributed by atoms with Gasteiger partial charge in [-0.25, -0.2) is 0 Å². The summed E-state index contributed by atoms with van der Waals surface area (Å²) >= 11 is 0. The van der Waals surface area contributed by atoms with Crippen molar-refractivity contribution in [2.75, 3.05) is 24.3 Å². The third-order valence-corrected chi connectivity index (χ3v) is 3.25. The predicted molar refractivity (Wildman–Crippen MR) is 84.8 cm³/mol. The minimum absolute atomic E-state index is 0.177. The van der Waals surface area contributed by atoms with Crippen LogP contribution in [0, 0.1) is 0 Å². The van der Waals surface area contributed by atoms with Crippen molar-refractivity contribution in [2.24, 2.45) is 0 Å². The summed E-state index contributed by atoms with van der Waals surface area (Å²) in [5, 5.41) is 2.89. The number of carbonyl (C=O) groups is 1. The fourth-order valence-electron chi connectivity index (χ4n) is 2.14. The Balaban J connectivity index is 1.84. The summed E-state index contributed by atoms with van der Waals surface area (Å²) in [7, 11) is 3.93. The first-order valence-corrected chi connectivity index (χ1v) is 6.66. The Morgan fingerprint density at radius 2 is 2.05 bits per heavy atom. The van der Waals surface area contributed by atoms with E-state index in [9.17, 15) is 4.79 Å². The van der Waals surface area contributed by atoms with E-state index < -0.39 is 0 Å². The number of anilines is 2. The van der Waals surface area contributed by atoms with Crippen molar-refractivity contribution in [3.05, 3.63) is 54.4 Å². The molecule has 106 valence electrons. The molecule has 5 nitrogen and oxygen atoms in total. The van der Waals surface area contributed by atoms with Crippen molar-refractivity contribution in [1.29, 1.82) is 0 Å². The smallest absolute Gasteiger partial charge is 0.272 e. The standard InChI is InChI=1S/C16H16N4O/c1-20(2)12-6-3-5-11(9-12)18-16(21)15-10-14-13(19-15)7-4-8-17-14/h3-10,19H,1-2H3,(H,18,21). The molecule has 0 spiro atoms. The van der Waals surface area contributed by atoms with Crippen molar-refractivity contribution < 1.29 is 4.79 Å². The molecule has 0 saturated heterocycles. The number of hydrogen-bond donors (Lipinski definition) is 2. The van der Waals surface area contributed by atoms with Crippen molar-refractivity contribution in [3.63, 3.8) is 0 Å². The van der Waals surface area contributed by atoms with E-state index in [4.69, 9.17) is 0 Å². The molecule has 1 aromatic carbocycles. The highest BCUT2D eigenvalue weighted by molar-refractivity contribution is 6.05. The van der Waals surface area contributed by atoms with Crippen LogP contribution in [0.5, 0.6) is 0 Å². The molecule has 0 aliphatic rings. The van der Waals surface area contributed by atoms with Gasteiger partial charge in [-0.1, -0.05) is 6.07 Å². The zero-order chi connectivity index (χ0) is 14.8. The summed E-state index contributed by atoms with van der Waals surface area (Å²) < 4.78 is 0. The van der Waals surface area contributed by atoms with Gasteiger partial charge in [0.25, 0.3) is 5.91 Å². The van der Waals surface area contributed by atoms with E-state index in [1.807, 2.05) is 55.4 Å². The average molecular weight is 280 g/mol. The van der Waals surface area contributed by atoms with Crippen LogP contribution in [0.15, 0.2) is 48.7 Å². The molecule has 21 heavy (non-hydrogen) atoms. The summed E-state index contributed by atoms with van der Waals surface area (Å²) in [5.41, 5.74) is 3.93. The Hall–Kier alpha value is -2.82. The molecule has 3 rings (SSSR count). The Bertz CT molecular complexity index is 759. The fraction of sp³-hybridized carbons (Fsp3) is 0.125. The third kappa shape index (κ3) is 2.72. The highest BCUT2D eigenvalue weighted by Gasteiger charge is 2.10. The van der Waals surface area contributed by atoms with Gasteiger partial charge in [0.05, 0.1) is 11.0 Å². The Morgan fingerprint density at radius 3 is 2.81 bits per heavy atom. The maximum atomic E-state index is 12.3. The number of carbonyl (C=O) groups excluding carboxylic acids is 1. The lowest BCUT2D eigenvalue weighted by Gasteiger charge is -2.13. The highest BCUT2D eigenvalue weighted by atomic mass is 16.1. The van der Waals surface area contributed by atoms with Crippen LogP contribution in [0.1, 0.15) is 10.5 Å². The second kappa shape index (κ2) is 5.28. The maximum Gasteiger partial charge on any atom is 0.272 e. The van der Waals surface area contributed by atoms with Crippen LogP contribution < -0.4 is 10.2 Å². The Labute approximate surface area is 122 Å². The lowest BCUT2D eigenvalue weighted by molar-refractivity contribution is 0.102. The molecular weight excluding hydrogens is 264 g/mol. The van der Waals surface area contributed by atoms with Crippen LogP contribution in [-0.2, 0) is 0 Å². The molecule has 5 heteroatoms. The summed E-state index contributed by atoms with van der Waals surface area (Å²) in [4.78, 5) is 21.5. The van der Waals surface area contributed by atoms with Crippen LogP contribution in [0.25, 0.3) is 11.0 Å². The van der Waals surface area contributed by atoms with Gasteiger partial charge in [-0.3, -0.25) is 9.78 Å². The quantitative estimate of drug-likeness (QED) is 0.775. The minimum atomic E-state index is -0.177. The number of nitrogens with one attached hydrogen (secondary N) is 2. The molecule has 0 aliphatic heterocycles. The largest absolute Gasteiger partial charge is 0.378 e. The number of rotatable bonds is 3. The van der Waals surface area contributed by atoms with E-state index in [1.165, 1.54) is 0 Å². The van der Waals surface area contributed by atoms with E-state index in [1.54, 1.807) is 12.3 Å². The summed E-state index contributed by atoms with van der Waals surface area (Å²) in [5.74, 6) is -0.177. The topological polar surface area (TPSA) is 61.0 Å². The van der Waals surface area contributed by atoms with Crippen molar-refractivity contribution >= 4 is 28.3 Å². The molecule has 2 heterocycles. The van der Waals surface area contributed by atoms with E-state index in [2.05, 4.69) is 15.3 Å². The number of benzene rings is 1. The van der Waals surface area contributed by atoms with Crippen LogP contribution in [0.2, 0.25) is 0 Å². The molecule has 0 saturated carbocycles. The number of H-pyrrole nitrogens is 1. The predicted octanol–water partition coefficient (Wildman–Crippen LogP) is 2.88. The van der Waals surface area contributed by atoms with Gasteiger partial charge in [0, 0.05) is 31.7 Å². The van der Waals surface area contributed by atoms with Gasteiger partial charge in [0.15, 0.2) is 0 Å². The van der Waals surface area contributed by atoms with Crippen LogP contribution in [-0.4, -0.2) is 30.0 Å². The van der Waals surface area contributed by atoms with E-state index in [0.29, 0.717) is 5.69 Å². The number of fused-ring (bicyclic) bond motifs is 1. The number of amides is 1. The monoisotopic (exact) mass is 280 g/mol. The summed E-state index contributed by atoms with van der Waals surface area (Å²) in [6.45, 7) is 0. The van der Waals surface area contributed by atoms with Gasteiger partial charge in [-0.2, -0.15) is 0 Å². The van der Waals surface area contributed by atoms with Gasteiger partial charge < -0.3 is 15.2 Å². The first kappa shape index (κ1) is 13.2. The molecule has 0 atom stereocenters. The Kier molecular flexibility index (Phi) is 3.31. The first-order valence-electron chi connectivity index (χ1n) is 6.66. The molecule has 2 N–H and O–H groups in total. The van der Waals surface area contributed by atoms with Gasteiger partial charge in [0.2, 0.25) is 0 Å². The van der Waals surface area contributed by atoms with E-state index >= 15 is 0 Å². The van der Waals surface area contributed by atoms with Gasteiger partial charge in [0.1, 0.15) is 5.69 Å². The SMILES string of the molecule is CN(C)c1cccc(NC(=O)c2cc3ncccc3[nH]2)c1. The lowest BCUT2D eigenvalue weighted by Crippen LogP contribution is -2.13. The lowest BCUT2D eigenvalue weighted by atomic mass is 10.2. The first-order chi connectivity index (χ1) is 10.1. The molecule has 0 aliphatic carbocycles. The van der Waals surface area contributed by atoms with E-state index in [0.717, 1.165) is 22.4 Å². The molecule has 0 fully saturated rings. The van der Waals surface area contributed by atoms with Gasteiger partial charge >= 0.3 is 0 Å². The summed E-state index contributed by atoms with van der Waals surface area (Å²) in [6.07, 6.45) is 1.71. The van der Waals surface area contributed by atoms with Gasteiger partial charge in [-0.15, -0.1) is 0 Å². The Morgan fingerprint density at radius 1 is 1.19 bits per heavy atom. The fourth-order valence-corrected chi connectivity index (χ4v) is 2.14. The zero-order valence-electron chi connectivity index (χ0n) is 11.9. The second-order valence-electron chi connectivity index (χ2n) is 5.02. The molecule has 1 amide bonds. The second-order valence-corrected chi connectivity index (χ2v) is 5.02. The maximum absolute atomic E-state index is 12.3. The number of aromatic nitrogens is 2. The van der Waals surface area contributed by atoms with E-state index in [-0.39, 0.29) is 5.91 Å². The van der Waals surface area contributed by atoms with Gasteiger partial charge in [-0.05, 0) is 36.4 Å². The number of pyridine rings is 1. The molecule has 2 aromatic heterocycles. The zero-order valence-corrected chi connectivity index (χ0v) is 11.9. The minimum Gasteiger partial charge on any atom is -0.378 e. The van der Waals surface area contributed by atoms with Crippen LogP contribution in [0.4, 0.5) is 11.4 Å². The molecule has 0 radical (unpaired) electrons. The molecule has 0 bridgehead atoms. The molecule has 3 aromatic rings. The number of nitrogens with zero attached hydrogens (tertiary/aromatic N) is 2. The molecular formula is C16H16N4O. The van der Waals surface area contributed by atoms with Crippen LogP contribution in [0.3, 0.4) is 0 Å². The molecule has 0 unspecified atom stereocenters. The third-order valence-electron chi connectivity index (χ3n) is 3.25. The number of hydrogen-bond acceptors (Lipinski definition) is 3. The van der Waals surface area contributed by atoms with Crippen molar-refractivity contribution in [2.45, 2.75) is 0 Å². The van der Waals surface area contributed by atoms with Crippen molar-refractivity contribution in [1.82, 2.24) is 9.97 Å².